The predicted molar refractivity (Wildman–Crippen MR) is 132 cm³/mol. The number of likely N-dealkylation sites (tertiary alicyclic amines) is 1. The number of phenolic OH excluding ortho intramolecular Hbond substituents is 1. The first-order valence-corrected chi connectivity index (χ1v) is 11.9. The van der Waals surface area contributed by atoms with Crippen LogP contribution in [0.2, 0.25) is 0 Å². The second-order valence-electron chi connectivity index (χ2n) is 8.93. The second-order valence-corrected chi connectivity index (χ2v) is 8.93. The number of aryl methyl sites for hydroxylation is 1. The van der Waals surface area contributed by atoms with Crippen LogP contribution in [0.1, 0.15) is 39.5 Å². The number of Topliss-reactive ketones (excluding diaryl/α,β-unsaturated/α-hetero) is 1. The molecule has 0 spiro atoms. The highest BCUT2D eigenvalue weighted by molar-refractivity contribution is 6.46. The standard InChI is InChI=1S/C27H30N2O7/c1-17-4-9-21(30)20(16-17)24(31)22-23(18-5-7-19(8-6-18)27(34)35-2)29(26(33)25(22)32)11-3-10-28-12-14-36-15-13-28/h4-9,16,23,30-31H,3,10-15H2,1-2H3. The first-order valence-electron chi connectivity index (χ1n) is 11.9. The summed E-state index contributed by atoms with van der Waals surface area (Å²) in [7, 11) is 1.29. The number of hydrogen-bond acceptors (Lipinski definition) is 8. The van der Waals surface area contributed by atoms with Crippen molar-refractivity contribution in [3.63, 3.8) is 0 Å². The molecule has 2 aromatic carbocycles. The van der Waals surface area contributed by atoms with Gasteiger partial charge in [-0.2, -0.15) is 0 Å². The molecule has 2 N–H and O–H groups in total. The van der Waals surface area contributed by atoms with Crippen molar-refractivity contribution < 1.29 is 34.1 Å². The average molecular weight is 495 g/mol. The van der Waals surface area contributed by atoms with Crippen molar-refractivity contribution in [1.82, 2.24) is 9.80 Å². The van der Waals surface area contributed by atoms with Gasteiger partial charge in [0.2, 0.25) is 0 Å². The Kier molecular flexibility index (Phi) is 7.71. The number of amides is 1. The number of carbonyl (C=O) groups excluding carboxylic acids is 3. The minimum Gasteiger partial charge on any atom is -0.507 e. The molecule has 9 nitrogen and oxygen atoms in total. The van der Waals surface area contributed by atoms with Gasteiger partial charge in [0.15, 0.2) is 0 Å². The van der Waals surface area contributed by atoms with Gasteiger partial charge in [0.1, 0.15) is 11.5 Å². The van der Waals surface area contributed by atoms with Gasteiger partial charge in [-0.25, -0.2) is 4.79 Å². The third kappa shape index (κ3) is 5.12. The summed E-state index contributed by atoms with van der Waals surface area (Å²) in [5, 5.41) is 21.6. The number of aliphatic hydroxyl groups is 1. The minimum absolute atomic E-state index is 0.0810. The molecule has 2 aromatic rings. The lowest BCUT2D eigenvalue weighted by Crippen LogP contribution is -2.39. The van der Waals surface area contributed by atoms with E-state index in [1.54, 1.807) is 43.3 Å². The molecule has 2 saturated heterocycles. The minimum atomic E-state index is -0.874. The molecule has 0 radical (unpaired) electrons. The number of methoxy groups -OCH3 is 1. The lowest BCUT2D eigenvalue weighted by Gasteiger charge is -2.29. The van der Waals surface area contributed by atoms with Crippen molar-refractivity contribution in [3.05, 3.63) is 70.3 Å². The van der Waals surface area contributed by atoms with Crippen LogP contribution in [-0.4, -0.2) is 84.2 Å². The quantitative estimate of drug-likeness (QED) is 0.261. The molecule has 2 aliphatic heterocycles. The zero-order valence-electron chi connectivity index (χ0n) is 20.4. The van der Waals surface area contributed by atoms with Gasteiger partial charge in [-0.3, -0.25) is 14.5 Å². The summed E-state index contributed by atoms with van der Waals surface area (Å²) in [6.07, 6.45) is 0.625. The molecule has 2 fully saturated rings. The van der Waals surface area contributed by atoms with Crippen molar-refractivity contribution >= 4 is 23.4 Å². The van der Waals surface area contributed by atoms with Crippen LogP contribution < -0.4 is 0 Å². The van der Waals surface area contributed by atoms with Gasteiger partial charge in [0.05, 0.1) is 43.1 Å². The third-order valence-electron chi connectivity index (χ3n) is 6.57. The SMILES string of the molecule is COC(=O)c1ccc(C2C(=C(O)c3cc(C)ccc3O)C(=O)C(=O)N2CCCN2CCOCC2)cc1. The number of nitrogens with zero attached hydrogens (tertiary/aromatic N) is 2. The van der Waals surface area contributed by atoms with Crippen LogP contribution in [0, 0.1) is 6.92 Å². The smallest absolute Gasteiger partial charge is 0.337 e. The van der Waals surface area contributed by atoms with Crippen molar-refractivity contribution in [2.45, 2.75) is 19.4 Å². The highest BCUT2D eigenvalue weighted by Crippen LogP contribution is 2.41. The Bertz CT molecular complexity index is 1180. The van der Waals surface area contributed by atoms with E-state index in [9.17, 15) is 24.6 Å². The maximum Gasteiger partial charge on any atom is 0.337 e. The van der Waals surface area contributed by atoms with Gasteiger partial charge in [-0.1, -0.05) is 23.8 Å². The maximum absolute atomic E-state index is 13.2. The van der Waals surface area contributed by atoms with Crippen LogP contribution in [0.4, 0.5) is 0 Å². The number of phenols is 1. The zero-order chi connectivity index (χ0) is 25.8. The van der Waals surface area contributed by atoms with Gasteiger partial charge in [-0.15, -0.1) is 0 Å². The molecular formula is C27H30N2O7. The fourth-order valence-corrected chi connectivity index (χ4v) is 4.65. The number of ketones is 1. The van der Waals surface area contributed by atoms with E-state index in [-0.39, 0.29) is 16.9 Å². The number of aromatic hydroxyl groups is 1. The Hall–Kier alpha value is -3.69. The zero-order valence-corrected chi connectivity index (χ0v) is 20.4. The highest BCUT2D eigenvalue weighted by Gasteiger charge is 2.46. The van der Waals surface area contributed by atoms with Gasteiger partial charge in [0.25, 0.3) is 11.7 Å². The van der Waals surface area contributed by atoms with E-state index in [0.29, 0.717) is 37.3 Å². The van der Waals surface area contributed by atoms with E-state index in [1.165, 1.54) is 18.1 Å². The molecule has 2 aliphatic rings. The van der Waals surface area contributed by atoms with E-state index in [4.69, 9.17) is 9.47 Å². The Balaban J connectivity index is 1.72. The second kappa shape index (κ2) is 10.9. The lowest BCUT2D eigenvalue weighted by molar-refractivity contribution is -0.140. The molecule has 0 aromatic heterocycles. The number of aliphatic hydroxyl groups excluding tert-OH is 1. The monoisotopic (exact) mass is 494 g/mol. The lowest BCUT2D eigenvalue weighted by atomic mass is 9.94. The largest absolute Gasteiger partial charge is 0.507 e. The molecule has 1 unspecified atom stereocenters. The molecule has 4 rings (SSSR count). The fraction of sp³-hybridized carbons (Fsp3) is 0.370. The third-order valence-corrected chi connectivity index (χ3v) is 6.57. The topological polar surface area (TPSA) is 117 Å². The predicted octanol–water partition coefficient (Wildman–Crippen LogP) is 2.63. The molecule has 0 aliphatic carbocycles. The van der Waals surface area contributed by atoms with Crippen LogP contribution in [0.15, 0.2) is 48.0 Å². The van der Waals surface area contributed by atoms with E-state index < -0.39 is 29.5 Å². The normalized spacial score (nSPS) is 20.1. The number of carbonyl (C=O) groups is 3. The number of benzene rings is 2. The summed E-state index contributed by atoms with van der Waals surface area (Å²) in [4.78, 5) is 42.0. The number of ether oxygens (including phenoxy) is 2. The molecule has 9 heteroatoms. The molecule has 2 heterocycles. The molecule has 0 bridgehead atoms. The van der Waals surface area contributed by atoms with E-state index in [0.717, 1.165) is 25.2 Å². The highest BCUT2D eigenvalue weighted by atomic mass is 16.5. The van der Waals surface area contributed by atoms with E-state index >= 15 is 0 Å². The summed E-state index contributed by atoms with van der Waals surface area (Å²) in [5.41, 5.74) is 1.63. The Morgan fingerprint density at radius 1 is 1.08 bits per heavy atom. The van der Waals surface area contributed by atoms with Crippen LogP contribution >= 0.6 is 0 Å². The molecule has 1 amide bonds. The summed E-state index contributed by atoms with van der Waals surface area (Å²) in [6, 6.07) is 10.2. The first-order chi connectivity index (χ1) is 17.3. The Labute approximate surface area is 209 Å². The fourth-order valence-electron chi connectivity index (χ4n) is 4.65. The van der Waals surface area contributed by atoms with Gasteiger partial charge in [0, 0.05) is 26.2 Å². The van der Waals surface area contributed by atoms with Crippen LogP contribution in [0.5, 0.6) is 5.75 Å². The van der Waals surface area contributed by atoms with E-state index in [2.05, 4.69) is 4.90 Å². The van der Waals surface area contributed by atoms with Crippen LogP contribution in [-0.2, 0) is 19.1 Å². The van der Waals surface area contributed by atoms with Crippen LogP contribution in [0.25, 0.3) is 5.76 Å². The van der Waals surface area contributed by atoms with Gasteiger partial charge < -0.3 is 24.6 Å². The van der Waals surface area contributed by atoms with Crippen molar-refractivity contribution in [2.75, 3.05) is 46.5 Å². The molecule has 190 valence electrons. The molecule has 0 saturated carbocycles. The van der Waals surface area contributed by atoms with Gasteiger partial charge >= 0.3 is 5.97 Å². The molecule has 36 heavy (non-hydrogen) atoms. The summed E-state index contributed by atoms with van der Waals surface area (Å²) < 4.78 is 10.1. The number of esters is 1. The number of hydrogen-bond donors (Lipinski definition) is 2. The summed E-state index contributed by atoms with van der Waals surface area (Å²) >= 11 is 0. The van der Waals surface area contributed by atoms with E-state index in [1.807, 2.05) is 0 Å². The Morgan fingerprint density at radius 3 is 2.44 bits per heavy atom. The maximum atomic E-state index is 13.2. The summed E-state index contributed by atoms with van der Waals surface area (Å²) in [5.74, 6) is -2.68. The van der Waals surface area contributed by atoms with Gasteiger partial charge in [-0.05, 0) is 43.2 Å². The van der Waals surface area contributed by atoms with Crippen molar-refractivity contribution in [1.29, 1.82) is 0 Å². The summed E-state index contributed by atoms with van der Waals surface area (Å²) in [6.45, 7) is 5.77. The molecular weight excluding hydrogens is 464 g/mol. The Morgan fingerprint density at radius 2 is 1.78 bits per heavy atom. The average Bonchev–Trinajstić information content (AvgIpc) is 3.15. The van der Waals surface area contributed by atoms with Crippen LogP contribution in [0.3, 0.4) is 0 Å². The van der Waals surface area contributed by atoms with Crippen molar-refractivity contribution in [2.24, 2.45) is 0 Å². The number of rotatable bonds is 7. The van der Waals surface area contributed by atoms with Crippen molar-refractivity contribution in [3.8, 4) is 5.75 Å². The molecule has 1 atom stereocenters. The number of morpholine rings is 1. The first kappa shape index (κ1) is 25.4.